The van der Waals surface area contributed by atoms with E-state index in [4.69, 9.17) is 10.5 Å². The van der Waals surface area contributed by atoms with Crippen LogP contribution in [0.3, 0.4) is 0 Å². The second-order valence-corrected chi connectivity index (χ2v) is 5.28. The monoisotopic (exact) mass is 328 g/mol. The maximum atomic E-state index is 12.8. The highest BCUT2D eigenvalue weighted by Gasteiger charge is 2.13. The molecule has 0 fully saturated rings. The Balaban J connectivity index is 0. The number of hydrogen-bond acceptors (Lipinski definition) is 4. The standard InChI is InChI=1S/C13H21FN2O2.2ClH/c1-13(2,3)16-7-10(17)8-18-12-5-4-9(14)6-11(12)15;;/h4-6,10,16-17H,7-8,15H2,1-3H3;2*1H. The highest BCUT2D eigenvalue weighted by atomic mass is 35.5. The summed E-state index contributed by atoms with van der Waals surface area (Å²) in [5.74, 6) is -0.0268. The lowest BCUT2D eigenvalue weighted by Crippen LogP contribution is -2.42. The second kappa shape index (κ2) is 9.23. The first-order valence-corrected chi connectivity index (χ1v) is 5.89. The molecule has 0 spiro atoms. The van der Waals surface area contributed by atoms with Gasteiger partial charge in [-0.05, 0) is 32.9 Å². The number of halogens is 3. The average Bonchev–Trinajstić information content (AvgIpc) is 2.24. The van der Waals surface area contributed by atoms with E-state index in [-0.39, 0.29) is 42.6 Å². The minimum Gasteiger partial charge on any atom is -0.489 e. The molecule has 0 aromatic heterocycles. The number of nitrogen functional groups attached to an aromatic ring is 1. The van der Waals surface area contributed by atoms with Gasteiger partial charge in [0.15, 0.2) is 0 Å². The molecule has 0 bridgehead atoms. The van der Waals surface area contributed by atoms with Crippen molar-refractivity contribution in [3.63, 3.8) is 0 Å². The normalized spacial score (nSPS) is 12.1. The number of β-amino-alcohol motifs (C(OH)–C–C–N with tert-alkyl or cyclic N) is 1. The number of rotatable bonds is 5. The summed E-state index contributed by atoms with van der Waals surface area (Å²) < 4.78 is 18.1. The van der Waals surface area contributed by atoms with Gasteiger partial charge in [0.25, 0.3) is 0 Å². The molecule has 4 nitrogen and oxygen atoms in total. The summed E-state index contributed by atoms with van der Waals surface area (Å²) in [7, 11) is 0. The van der Waals surface area contributed by atoms with Gasteiger partial charge < -0.3 is 20.9 Å². The summed E-state index contributed by atoms with van der Waals surface area (Å²) in [6.45, 7) is 6.57. The second-order valence-electron chi connectivity index (χ2n) is 5.28. The molecule has 0 radical (unpaired) electrons. The summed E-state index contributed by atoms with van der Waals surface area (Å²) >= 11 is 0. The van der Waals surface area contributed by atoms with Crippen molar-refractivity contribution in [1.82, 2.24) is 5.32 Å². The first kappa shape index (κ1) is 21.5. The van der Waals surface area contributed by atoms with Crippen LogP contribution in [0.15, 0.2) is 18.2 Å². The maximum absolute atomic E-state index is 12.8. The van der Waals surface area contributed by atoms with Crippen molar-refractivity contribution in [2.45, 2.75) is 32.4 Å². The first-order valence-electron chi connectivity index (χ1n) is 5.89. The van der Waals surface area contributed by atoms with Crippen molar-refractivity contribution < 1.29 is 14.2 Å². The predicted octanol–water partition coefficient (Wildman–Crippen LogP) is 2.38. The molecule has 1 aromatic carbocycles. The van der Waals surface area contributed by atoms with Gasteiger partial charge in [0.2, 0.25) is 0 Å². The highest BCUT2D eigenvalue weighted by Crippen LogP contribution is 2.21. The molecule has 20 heavy (non-hydrogen) atoms. The van der Waals surface area contributed by atoms with Crippen LogP contribution >= 0.6 is 24.8 Å². The van der Waals surface area contributed by atoms with E-state index in [2.05, 4.69) is 5.32 Å². The van der Waals surface area contributed by atoms with E-state index in [0.717, 1.165) is 0 Å². The van der Waals surface area contributed by atoms with Gasteiger partial charge in [-0.25, -0.2) is 4.39 Å². The molecule has 1 atom stereocenters. The van der Waals surface area contributed by atoms with Crippen molar-refractivity contribution in [3.05, 3.63) is 24.0 Å². The molecule has 0 saturated heterocycles. The van der Waals surface area contributed by atoms with Gasteiger partial charge in [-0.1, -0.05) is 0 Å². The van der Waals surface area contributed by atoms with Crippen LogP contribution in [0.2, 0.25) is 0 Å². The van der Waals surface area contributed by atoms with Crippen LogP contribution in [0.25, 0.3) is 0 Å². The van der Waals surface area contributed by atoms with Crippen molar-refractivity contribution >= 4 is 30.5 Å². The molecule has 7 heteroatoms. The lowest BCUT2D eigenvalue weighted by atomic mass is 10.1. The van der Waals surface area contributed by atoms with E-state index in [1.807, 2.05) is 20.8 Å². The number of aliphatic hydroxyl groups is 1. The van der Waals surface area contributed by atoms with Crippen molar-refractivity contribution in [2.24, 2.45) is 0 Å². The van der Waals surface area contributed by atoms with E-state index in [1.54, 1.807) is 0 Å². The largest absolute Gasteiger partial charge is 0.489 e. The number of anilines is 1. The Labute approximate surface area is 131 Å². The zero-order chi connectivity index (χ0) is 13.8. The Hall–Kier alpha value is -0.750. The van der Waals surface area contributed by atoms with Gasteiger partial charge in [-0.15, -0.1) is 24.8 Å². The zero-order valence-electron chi connectivity index (χ0n) is 11.9. The molecule has 0 aliphatic rings. The van der Waals surface area contributed by atoms with Crippen LogP contribution in [-0.2, 0) is 0 Å². The summed E-state index contributed by atoms with van der Waals surface area (Å²) in [6.07, 6.45) is -0.645. The lowest BCUT2D eigenvalue weighted by Gasteiger charge is -2.23. The fourth-order valence-electron chi connectivity index (χ4n) is 1.32. The Morgan fingerprint density at radius 3 is 2.45 bits per heavy atom. The summed E-state index contributed by atoms with van der Waals surface area (Å²) in [4.78, 5) is 0. The minimum atomic E-state index is -0.645. The molecule has 0 aliphatic carbocycles. The lowest BCUT2D eigenvalue weighted by molar-refractivity contribution is 0.100. The predicted molar refractivity (Wildman–Crippen MR) is 84.6 cm³/mol. The molecule has 1 unspecified atom stereocenters. The van der Waals surface area contributed by atoms with E-state index in [1.165, 1.54) is 18.2 Å². The van der Waals surface area contributed by atoms with Crippen LogP contribution in [-0.4, -0.2) is 29.9 Å². The molecule has 0 heterocycles. The van der Waals surface area contributed by atoms with Crippen molar-refractivity contribution in [1.29, 1.82) is 0 Å². The summed E-state index contributed by atoms with van der Waals surface area (Å²) in [5, 5.41) is 12.9. The number of nitrogens with one attached hydrogen (secondary N) is 1. The first-order chi connectivity index (χ1) is 8.28. The molecule has 118 valence electrons. The highest BCUT2D eigenvalue weighted by molar-refractivity contribution is 5.85. The fourth-order valence-corrected chi connectivity index (χ4v) is 1.32. The SMILES string of the molecule is CC(C)(C)NCC(O)COc1ccc(F)cc1N.Cl.Cl. The molecule has 0 aliphatic heterocycles. The van der Waals surface area contributed by atoms with Gasteiger partial charge in [-0.2, -0.15) is 0 Å². The molecule has 0 amide bonds. The van der Waals surface area contributed by atoms with Crippen LogP contribution in [0.5, 0.6) is 5.75 Å². The number of hydrogen-bond donors (Lipinski definition) is 3. The van der Waals surface area contributed by atoms with Crippen LogP contribution in [0, 0.1) is 5.82 Å². The molecular weight excluding hydrogens is 306 g/mol. The third-order valence-corrected chi connectivity index (χ3v) is 2.27. The average molecular weight is 329 g/mol. The van der Waals surface area contributed by atoms with Crippen LogP contribution in [0.4, 0.5) is 10.1 Å². The smallest absolute Gasteiger partial charge is 0.142 e. The molecule has 4 N–H and O–H groups in total. The van der Waals surface area contributed by atoms with Gasteiger partial charge in [-0.3, -0.25) is 0 Å². The Morgan fingerprint density at radius 2 is 1.95 bits per heavy atom. The Kier molecular flexibility index (Phi) is 9.95. The van der Waals surface area contributed by atoms with Gasteiger partial charge in [0, 0.05) is 18.2 Å². The number of ether oxygens (including phenoxy) is 1. The molecular formula is C13H23Cl2FN2O2. The zero-order valence-corrected chi connectivity index (χ0v) is 13.5. The van der Waals surface area contributed by atoms with E-state index in [0.29, 0.717) is 12.3 Å². The van der Waals surface area contributed by atoms with E-state index >= 15 is 0 Å². The topological polar surface area (TPSA) is 67.5 Å². The van der Waals surface area contributed by atoms with Gasteiger partial charge in [0.1, 0.15) is 24.3 Å². The Bertz CT molecular complexity index is 400. The quantitative estimate of drug-likeness (QED) is 0.726. The fraction of sp³-hybridized carbons (Fsp3) is 0.538. The maximum Gasteiger partial charge on any atom is 0.142 e. The Morgan fingerprint density at radius 1 is 1.35 bits per heavy atom. The van der Waals surface area contributed by atoms with Gasteiger partial charge >= 0.3 is 0 Å². The van der Waals surface area contributed by atoms with Crippen molar-refractivity contribution in [3.8, 4) is 5.75 Å². The third-order valence-electron chi connectivity index (χ3n) is 2.27. The van der Waals surface area contributed by atoms with Crippen LogP contribution in [0.1, 0.15) is 20.8 Å². The number of nitrogens with two attached hydrogens (primary N) is 1. The van der Waals surface area contributed by atoms with Crippen molar-refractivity contribution in [2.75, 3.05) is 18.9 Å². The third kappa shape index (κ3) is 8.43. The number of aliphatic hydroxyl groups excluding tert-OH is 1. The van der Waals surface area contributed by atoms with E-state index < -0.39 is 11.9 Å². The summed E-state index contributed by atoms with van der Waals surface area (Å²) in [5.41, 5.74) is 5.76. The van der Waals surface area contributed by atoms with E-state index in [9.17, 15) is 9.50 Å². The van der Waals surface area contributed by atoms with Gasteiger partial charge in [0.05, 0.1) is 5.69 Å². The number of benzene rings is 1. The minimum absolute atomic E-state index is 0. The molecule has 1 rings (SSSR count). The van der Waals surface area contributed by atoms with Crippen LogP contribution < -0.4 is 15.8 Å². The molecule has 0 saturated carbocycles. The molecule has 1 aromatic rings. The summed E-state index contributed by atoms with van der Waals surface area (Å²) in [6, 6.07) is 3.91.